The highest BCUT2D eigenvalue weighted by molar-refractivity contribution is 7.99. The summed E-state index contributed by atoms with van der Waals surface area (Å²) < 4.78 is 18.5. The minimum absolute atomic E-state index is 0.110. The van der Waals surface area contributed by atoms with Crippen LogP contribution in [0, 0.1) is 0 Å². The van der Waals surface area contributed by atoms with Gasteiger partial charge in [0.25, 0.3) is 0 Å². The highest BCUT2D eigenvalue weighted by atomic mass is 32.2. The number of nitrogens with zero attached hydrogens (tertiary/aromatic N) is 3. The zero-order valence-electron chi connectivity index (χ0n) is 15.8. The molecule has 0 unspecified atom stereocenters. The van der Waals surface area contributed by atoms with E-state index in [1.165, 1.54) is 11.8 Å². The zero-order valence-corrected chi connectivity index (χ0v) is 16.6. The molecule has 0 bridgehead atoms. The summed E-state index contributed by atoms with van der Waals surface area (Å²) in [4.78, 5) is 26.4. The van der Waals surface area contributed by atoms with E-state index in [0.717, 1.165) is 0 Å². The van der Waals surface area contributed by atoms with Crippen LogP contribution >= 0.6 is 11.8 Å². The van der Waals surface area contributed by atoms with Crippen LogP contribution in [0.2, 0.25) is 0 Å². The van der Waals surface area contributed by atoms with Crippen LogP contribution < -0.4 is 15.2 Å². The van der Waals surface area contributed by atoms with Crippen molar-refractivity contribution in [1.29, 1.82) is 0 Å². The molecular formula is C20H16N4O5S. The van der Waals surface area contributed by atoms with Crippen LogP contribution in [0.4, 0.5) is 0 Å². The van der Waals surface area contributed by atoms with Gasteiger partial charge in [-0.25, -0.2) is 4.79 Å². The Morgan fingerprint density at radius 3 is 2.93 bits per heavy atom. The van der Waals surface area contributed by atoms with Crippen LogP contribution in [0.3, 0.4) is 0 Å². The van der Waals surface area contributed by atoms with Gasteiger partial charge in [-0.05, 0) is 30.3 Å². The Morgan fingerprint density at radius 1 is 1.23 bits per heavy atom. The fraction of sp³-hybridized carbons (Fsp3) is 0.200. The van der Waals surface area contributed by atoms with Crippen LogP contribution in [0.1, 0.15) is 22.3 Å². The normalized spacial score (nSPS) is 15.4. The largest absolute Gasteiger partial charge is 0.485 e. The third-order valence-electron chi connectivity index (χ3n) is 4.74. The molecule has 10 heteroatoms. The molecule has 0 saturated heterocycles. The number of ether oxygens (including phenoxy) is 2. The fourth-order valence-electron chi connectivity index (χ4n) is 3.21. The molecule has 1 aliphatic heterocycles. The summed E-state index contributed by atoms with van der Waals surface area (Å²) in [5.74, 6) is 1.49. The second-order valence-electron chi connectivity index (χ2n) is 6.70. The number of thioether (sulfide) groups is 1. The highest BCUT2D eigenvalue weighted by Crippen LogP contribution is 2.35. The van der Waals surface area contributed by atoms with Gasteiger partial charge in [-0.3, -0.25) is 9.78 Å². The van der Waals surface area contributed by atoms with E-state index >= 15 is 0 Å². The number of rotatable bonds is 5. The number of carbonyl (C=O) groups is 1. The molecule has 5 rings (SSSR count). The molecule has 1 N–H and O–H groups in total. The predicted molar refractivity (Wildman–Crippen MR) is 108 cm³/mol. The van der Waals surface area contributed by atoms with Gasteiger partial charge in [0.1, 0.15) is 6.61 Å². The minimum Gasteiger partial charge on any atom is -0.485 e. The Kier molecular flexibility index (Phi) is 4.55. The van der Waals surface area contributed by atoms with Crippen molar-refractivity contribution in [3.8, 4) is 11.5 Å². The van der Waals surface area contributed by atoms with E-state index in [1.54, 1.807) is 22.8 Å². The number of ketones is 1. The number of hydrogen-bond acceptors (Lipinski definition) is 8. The molecule has 0 fully saturated rings. The summed E-state index contributed by atoms with van der Waals surface area (Å²) >= 11 is 1.27. The van der Waals surface area contributed by atoms with Crippen molar-refractivity contribution in [2.45, 2.75) is 11.3 Å². The standard InChI is InChI=1S/C20H16N4O5S/c1-24-18(17-9-27-14-4-2-3-5-15(14)28-17)22-23-19(24)30-10-13(25)11-6-7-12-16(8-11)29-20(26)21-12/h2-8,17H,9-10H2,1H3,(H,21,26)/t17-/m0/s1. The number of carbonyl (C=O) groups excluding carboxylic acids is 1. The van der Waals surface area contributed by atoms with Gasteiger partial charge in [-0.2, -0.15) is 0 Å². The molecule has 2 aromatic heterocycles. The number of oxazole rings is 1. The lowest BCUT2D eigenvalue weighted by molar-refractivity contribution is 0.0825. The summed E-state index contributed by atoms with van der Waals surface area (Å²) in [6.07, 6.45) is -0.388. The molecule has 4 aromatic rings. The molecule has 152 valence electrons. The monoisotopic (exact) mass is 424 g/mol. The van der Waals surface area contributed by atoms with Crippen LogP contribution in [0.5, 0.6) is 11.5 Å². The van der Waals surface area contributed by atoms with Crippen molar-refractivity contribution >= 4 is 28.6 Å². The maximum Gasteiger partial charge on any atom is 0.417 e. The first-order valence-corrected chi connectivity index (χ1v) is 10.1. The number of para-hydroxylation sites is 2. The van der Waals surface area contributed by atoms with Crippen molar-refractivity contribution in [2.24, 2.45) is 7.05 Å². The smallest absolute Gasteiger partial charge is 0.417 e. The Hall–Kier alpha value is -3.53. The van der Waals surface area contributed by atoms with Crippen molar-refractivity contribution in [3.05, 3.63) is 64.4 Å². The Morgan fingerprint density at radius 2 is 2.07 bits per heavy atom. The van der Waals surface area contributed by atoms with Crippen LogP contribution in [0.15, 0.2) is 56.8 Å². The van der Waals surface area contributed by atoms with Crippen molar-refractivity contribution in [2.75, 3.05) is 12.4 Å². The Labute approximate surface area is 174 Å². The Balaban J connectivity index is 1.28. The molecule has 30 heavy (non-hydrogen) atoms. The number of H-pyrrole nitrogens is 1. The fourth-order valence-corrected chi connectivity index (χ4v) is 4.02. The molecule has 0 aliphatic carbocycles. The lowest BCUT2D eigenvalue weighted by Gasteiger charge is -2.25. The Bertz CT molecular complexity index is 1310. The number of hydrogen-bond donors (Lipinski definition) is 1. The summed E-state index contributed by atoms with van der Waals surface area (Å²) in [6.45, 7) is 0.328. The number of fused-ring (bicyclic) bond motifs is 2. The predicted octanol–water partition coefficient (Wildman–Crippen LogP) is 2.74. The molecule has 1 atom stereocenters. The van der Waals surface area contributed by atoms with E-state index in [4.69, 9.17) is 13.9 Å². The second-order valence-corrected chi connectivity index (χ2v) is 7.64. The first-order chi connectivity index (χ1) is 14.6. The zero-order chi connectivity index (χ0) is 20.7. The van der Waals surface area contributed by atoms with Gasteiger partial charge in [-0.15, -0.1) is 10.2 Å². The van der Waals surface area contributed by atoms with Gasteiger partial charge < -0.3 is 18.5 Å². The van der Waals surface area contributed by atoms with Crippen molar-refractivity contribution in [1.82, 2.24) is 19.7 Å². The molecule has 0 amide bonds. The molecular weight excluding hydrogens is 408 g/mol. The third-order valence-corrected chi connectivity index (χ3v) is 5.76. The number of benzene rings is 2. The number of nitrogens with one attached hydrogen (secondary N) is 1. The van der Waals surface area contributed by atoms with E-state index in [9.17, 15) is 9.59 Å². The van der Waals surface area contributed by atoms with E-state index < -0.39 is 5.76 Å². The van der Waals surface area contributed by atoms with Crippen LogP contribution in [0.25, 0.3) is 11.1 Å². The van der Waals surface area contributed by atoms with E-state index in [-0.39, 0.29) is 17.6 Å². The van der Waals surface area contributed by atoms with Gasteiger partial charge in [0, 0.05) is 12.6 Å². The van der Waals surface area contributed by atoms with Gasteiger partial charge >= 0.3 is 5.76 Å². The first kappa shape index (κ1) is 18.5. The second kappa shape index (κ2) is 7.38. The van der Waals surface area contributed by atoms with Crippen molar-refractivity contribution in [3.63, 3.8) is 0 Å². The lowest BCUT2D eigenvalue weighted by atomic mass is 10.1. The number of aromatic nitrogens is 4. The molecule has 9 nitrogen and oxygen atoms in total. The summed E-state index contributed by atoms with van der Waals surface area (Å²) in [6, 6.07) is 12.3. The number of Topliss-reactive ketones (excluding diaryl/α,β-unsaturated/α-hetero) is 1. The summed E-state index contributed by atoms with van der Waals surface area (Å²) in [5, 5.41) is 9.01. The molecule has 3 heterocycles. The average Bonchev–Trinajstić information content (AvgIpc) is 3.32. The maximum absolute atomic E-state index is 12.6. The minimum atomic E-state index is -0.549. The summed E-state index contributed by atoms with van der Waals surface area (Å²) in [7, 11) is 1.83. The first-order valence-electron chi connectivity index (χ1n) is 9.15. The molecule has 1 aliphatic rings. The average molecular weight is 424 g/mol. The summed E-state index contributed by atoms with van der Waals surface area (Å²) in [5.41, 5.74) is 1.37. The molecule has 0 radical (unpaired) electrons. The van der Waals surface area contributed by atoms with Gasteiger partial charge in [0.15, 0.2) is 40.0 Å². The third kappa shape index (κ3) is 3.35. The van der Waals surface area contributed by atoms with Crippen LogP contribution in [-0.4, -0.2) is 37.9 Å². The topological polar surface area (TPSA) is 112 Å². The quantitative estimate of drug-likeness (QED) is 0.384. The maximum atomic E-state index is 12.6. The van der Waals surface area contributed by atoms with Gasteiger partial charge in [0.2, 0.25) is 0 Å². The van der Waals surface area contributed by atoms with Crippen LogP contribution in [-0.2, 0) is 7.05 Å². The van der Waals surface area contributed by atoms with Gasteiger partial charge in [-0.1, -0.05) is 23.9 Å². The molecule has 0 saturated carbocycles. The van der Waals surface area contributed by atoms with E-state index in [1.807, 2.05) is 31.3 Å². The lowest BCUT2D eigenvalue weighted by Crippen LogP contribution is -2.24. The molecule has 0 spiro atoms. The van der Waals surface area contributed by atoms with E-state index in [2.05, 4.69) is 15.2 Å². The number of aromatic amines is 1. The van der Waals surface area contributed by atoms with Crippen molar-refractivity contribution < 1.29 is 18.7 Å². The molecule has 2 aromatic carbocycles. The highest BCUT2D eigenvalue weighted by Gasteiger charge is 2.27. The SMILES string of the molecule is Cn1c(SCC(=O)c2ccc3[nH]c(=O)oc3c2)nnc1[C@@H]1COc2ccccc2O1. The van der Waals surface area contributed by atoms with E-state index in [0.29, 0.717) is 45.7 Å². The van der Waals surface area contributed by atoms with Gasteiger partial charge in [0.05, 0.1) is 11.3 Å².